The second kappa shape index (κ2) is 6.38. The van der Waals surface area contributed by atoms with Crippen LogP contribution in [0.15, 0.2) is 42.5 Å². The number of para-hydroxylation sites is 2. The molecule has 24 heavy (non-hydrogen) atoms. The molecule has 1 aliphatic rings. The summed E-state index contributed by atoms with van der Waals surface area (Å²) in [4.78, 5) is 7.69. The number of benzene rings is 2. The van der Waals surface area contributed by atoms with Crippen molar-refractivity contribution in [1.82, 2.24) is 9.97 Å². The number of ether oxygens (including phenoxy) is 1. The van der Waals surface area contributed by atoms with Crippen molar-refractivity contribution in [3.05, 3.63) is 59.4 Å². The summed E-state index contributed by atoms with van der Waals surface area (Å²) in [6, 6.07) is 16.0. The number of hydrogen-bond donors (Lipinski definition) is 1. The van der Waals surface area contributed by atoms with Gasteiger partial charge in [0.1, 0.15) is 23.7 Å². The second-order valence-corrected chi connectivity index (χ2v) is 5.77. The number of fused-ring (bicyclic) bond motifs is 2. The summed E-state index contributed by atoms with van der Waals surface area (Å²) in [7, 11) is 0. The predicted octanol–water partition coefficient (Wildman–Crippen LogP) is 4.37. The quantitative estimate of drug-likeness (QED) is 0.706. The summed E-state index contributed by atoms with van der Waals surface area (Å²) in [6.45, 7) is 2.06. The number of imidazole rings is 1. The van der Waals surface area contributed by atoms with Crippen LogP contribution in [0.4, 0.5) is 0 Å². The molecule has 5 heteroatoms. The zero-order valence-corrected chi connectivity index (χ0v) is 13.9. The molecule has 120 valence electrons. The van der Waals surface area contributed by atoms with E-state index in [1.165, 1.54) is 5.56 Å². The maximum absolute atomic E-state index is 9.50. The summed E-state index contributed by atoms with van der Waals surface area (Å²) in [5, 5.41) is 9.50. The van der Waals surface area contributed by atoms with Crippen molar-refractivity contribution in [1.29, 1.82) is 5.26 Å². The van der Waals surface area contributed by atoms with Crippen molar-refractivity contribution >= 4 is 35.1 Å². The smallest absolute Gasteiger partial charge is 0.149 e. The van der Waals surface area contributed by atoms with Gasteiger partial charge in [0.05, 0.1) is 16.6 Å². The number of nitriles is 1. The summed E-state index contributed by atoms with van der Waals surface area (Å²) in [5.41, 5.74) is 4.49. The Morgan fingerprint density at radius 2 is 2.17 bits per heavy atom. The van der Waals surface area contributed by atoms with Crippen LogP contribution in [0.25, 0.3) is 22.7 Å². The molecule has 0 radical (unpaired) electrons. The third-order valence-corrected chi connectivity index (χ3v) is 4.00. The van der Waals surface area contributed by atoms with Crippen LogP contribution < -0.4 is 4.74 Å². The standard InChI is InChI=1S/C19H15N3O.ClH/c1-12-8-14-9-13(6-7-18(14)23-12)10-15(11-20)19-21-16-4-2-3-5-17(16)22-19;/h2-7,9-10,12H,8H2,1H3,(H,21,22);1H. The van der Waals surface area contributed by atoms with Crippen molar-refractivity contribution < 1.29 is 4.74 Å². The molecule has 0 bridgehead atoms. The highest BCUT2D eigenvalue weighted by Gasteiger charge is 2.18. The number of aromatic nitrogens is 2. The summed E-state index contributed by atoms with van der Waals surface area (Å²) in [5.74, 6) is 1.54. The maximum atomic E-state index is 9.50. The molecule has 4 rings (SSSR count). The average Bonchev–Trinajstić information content (AvgIpc) is 3.14. The number of rotatable bonds is 2. The average molecular weight is 338 g/mol. The molecule has 0 fully saturated rings. The van der Waals surface area contributed by atoms with E-state index in [1.807, 2.05) is 42.5 Å². The molecule has 3 aromatic rings. The van der Waals surface area contributed by atoms with Gasteiger partial charge in [0.2, 0.25) is 0 Å². The van der Waals surface area contributed by atoms with Gasteiger partial charge in [-0.2, -0.15) is 5.26 Å². The van der Waals surface area contributed by atoms with Crippen LogP contribution in [0, 0.1) is 11.3 Å². The lowest BCUT2D eigenvalue weighted by atomic mass is 10.0. The third kappa shape index (κ3) is 2.86. The van der Waals surface area contributed by atoms with E-state index in [9.17, 15) is 5.26 Å². The number of hydrogen-bond acceptors (Lipinski definition) is 3. The molecule has 0 amide bonds. The minimum absolute atomic E-state index is 0. The van der Waals surface area contributed by atoms with E-state index in [1.54, 1.807) is 0 Å². The van der Waals surface area contributed by atoms with Crippen LogP contribution in [-0.2, 0) is 6.42 Å². The molecule has 1 unspecified atom stereocenters. The minimum Gasteiger partial charge on any atom is -0.490 e. The summed E-state index contributed by atoms with van der Waals surface area (Å²) in [6.07, 6.45) is 2.99. The van der Waals surface area contributed by atoms with E-state index in [-0.39, 0.29) is 18.5 Å². The van der Waals surface area contributed by atoms with Gasteiger partial charge >= 0.3 is 0 Å². The van der Waals surface area contributed by atoms with Gasteiger partial charge in [-0.3, -0.25) is 0 Å². The van der Waals surface area contributed by atoms with E-state index in [0.29, 0.717) is 11.4 Å². The summed E-state index contributed by atoms with van der Waals surface area (Å²) >= 11 is 0. The van der Waals surface area contributed by atoms with E-state index >= 15 is 0 Å². The molecule has 1 atom stereocenters. The number of nitrogens with one attached hydrogen (secondary N) is 1. The first-order chi connectivity index (χ1) is 11.2. The topological polar surface area (TPSA) is 61.7 Å². The first kappa shape index (κ1) is 16.1. The van der Waals surface area contributed by atoms with Crippen molar-refractivity contribution in [3.8, 4) is 11.8 Å². The molecular weight excluding hydrogens is 322 g/mol. The first-order valence-corrected chi connectivity index (χ1v) is 7.59. The Bertz CT molecular complexity index is 935. The lowest BCUT2D eigenvalue weighted by molar-refractivity contribution is 0.254. The van der Waals surface area contributed by atoms with Gasteiger partial charge in [-0.15, -0.1) is 12.4 Å². The van der Waals surface area contributed by atoms with Crippen LogP contribution in [-0.4, -0.2) is 16.1 Å². The molecule has 2 heterocycles. The Morgan fingerprint density at radius 1 is 1.33 bits per heavy atom. The van der Waals surface area contributed by atoms with Crippen LogP contribution in [0.1, 0.15) is 23.9 Å². The number of halogens is 1. The van der Waals surface area contributed by atoms with Gasteiger partial charge in [-0.05, 0) is 48.4 Å². The Hall–Kier alpha value is -2.77. The monoisotopic (exact) mass is 337 g/mol. The molecule has 2 aromatic carbocycles. The van der Waals surface area contributed by atoms with Gasteiger partial charge < -0.3 is 9.72 Å². The lowest BCUT2D eigenvalue weighted by Crippen LogP contribution is -2.05. The Labute approximate surface area is 146 Å². The van der Waals surface area contributed by atoms with Gasteiger partial charge in [0, 0.05) is 6.42 Å². The lowest BCUT2D eigenvalue weighted by Gasteiger charge is -2.02. The van der Waals surface area contributed by atoms with Crippen LogP contribution >= 0.6 is 12.4 Å². The fourth-order valence-corrected chi connectivity index (χ4v) is 2.93. The molecule has 0 saturated carbocycles. The van der Waals surface area contributed by atoms with E-state index in [4.69, 9.17) is 4.74 Å². The molecule has 0 saturated heterocycles. The molecule has 0 spiro atoms. The number of aromatic amines is 1. The molecule has 1 aromatic heterocycles. The van der Waals surface area contributed by atoms with E-state index < -0.39 is 0 Å². The third-order valence-electron chi connectivity index (χ3n) is 4.00. The van der Waals surface area contributed by atoms with Crippen molar-refractivity contribution in [2.75, 3.05) is 0 Å². The van der Waals surface area contributed by atoms with E-state index in [0.717, 1.165) is 28.8 Å². The molecular formula is C19H16ClN3O. The number of H-pyrrole nitrogens is 1. The van der Waals surface area contributed by atoms with Gasteiger partial charge in [0.25, 0.3) is 0 Å². The van der Waals surface area contributed by atoms with E-state index in [2.05, 4.69) is 29.0 Å². The molecule has 0 aliphatic carbocycles. The fraction of sp³-hybridized carbons (Fsp3) is 0.158. The van der Waals surface area contributed by atoms with Gasteiger partial charge in [0.15, 0.2) is 0 Å². The highest BCUT2D eigenvalue weighted by atomic mass is 35.5. The Kier molecular flexibility index (Phi) is 4.28. The zero-order chi connectivity index (χ0) is 15.8. The predicted molar refractivity (Wildman–Crippen MR) is 97.1 cm³/mol. The highest BCUT2D eigenvalue weighted by Crippen LogP contribution is 2.30. The maximum Gasteiger partial charge on any atom is 0.149 e. The van der Waals surface area contributed by atoms with Gasteiger partial charge in [-0.25, -0.2) is 4.98 Å². The fourth-order valence-electron chi connectivity index (χ4n) is 2.93. The Balaban J connectivity index is 0.00000169. The minimum atomic E-state index is 0. The number of allylic oxidation sites excluding steroid dienone is 1. The SMILES string of the molecule is CC1Cc2cc(C=C(C#N)c3nc4ccccc4[nH]3)ccc2O1.Cl. The number of nitrogens with zero attached hydrogens (tertiary/aromatic N) is 2. The van der Waals surface area contributed by atoms with Crippen molar-refractivity contribution in [3.63, 3.8) is 0 Å². The summed E-state index contributed by atoms with van der Waals surface area (Å²) < 4.78 is 5.71. The normalized spacial score (nSPS) is 16.2. The first-order valence-electron chi connectivity index (χ1n) is 7.59. The molecule has 1 N–H and O–H groups in total. The van der Waals surface area contributed by atoms with Crippen LogP contribution in [0.5, 0.6) is 5.75 Å². The molecule has 4 nitrogen and oxygen atoms in total. The van der Waals surface area contributed by atoms with Gasteiger partial charge in [-0.1, -0.05) is 18.2 Å². The largest absolute Gasteiger partial charge is 0.490 e. The van der Waals surface area contributed by atoms with Crippen LogP contribution in [0.3, 0.4) is 0 Å². The molecule has 1 aliphatic heterocycles. The zero-order valence-electron chi connectivity index (χ0n) is 13.1. The van der Waals surface area contributed by atoms with Crippen molar-refractivity contribution in [2.24, 2.45) is 0 Å². The van der Waals surface area contributed by atoms with Crippen LogP contribution in [0.2, 0.25) is 0 Å². The Morgan fingerprint density at radius 3 is 2.96 bits per heavy atom. The highest BCUT2D eigenvalue weighted by molar-refractivity contribution is 5.90. The second-order valence-electron chi connectivity index (χ2n) is 5.77. The van der Waals surface area contributed by atoms with Crippen molar-refractivity contribution in [2.45, 2.75) is 19.4 Å².